The summed E-state index contributed by atoms with van der Waals surface area (Å²) >= 11 is 0. The monoisotopic (exact) mass is 807 g/mol. The fourth-order valence-electron chi connectivity index (χ4n) is 10.1. The molecule has 300 valence electrons. The van der Waals surface area contributed by atoms with Gasteiger partial charge in [-0.15, -0.1) is 0 Å². The largest absolute Gasteiger partial charge is 0.313 e. The van der Waals surface area contributed by atoms with Crippen LogP contribution in [0.5, 0.6) is 0 Å². The van der Waals surface area contributed by atoms with E-state index >= 15 is 0 Å². The predicted octanol–water partition coefficient (Wildman–Crippen LogP) is 15.9. The van der Waals surface area contributed by atoms with Gasteiger partial charge in [0.05, 0.1) is 16.6 Å². The van der Waals surface area contributed by atoms with Crippen molar-refractivity contribution < 1.29 is 0 Å². The Bertz CT molecular complexity index is 3380. The fourth-order valence-corrected chi connectivity index (χ4v) is 10.1. The lowest BCUT2D eigenvalue weighted by Crippen LogP contribution is -2.19. The van der Waals surface area contributed by atoms with Crippen LogP contribution in [0.25, 0.3) is 78.0 Å². The summed E-state index contributed by atoms with van der Waals surface area (Å²) in [5.74, 6) is 0. The Balaban J connectivity index is 1.08. The van der Waals surface area contributed by atoms with Gasteiger partial charge in [-0.1, -0.05) is 133 Å². The molecule has 0 amide bonds. The summed E-state index contributed by atoms with van der Waals surface area (Å²) in [5.41, 5.74) is 19.5. The molecule has 3 heteroatoms. The van der Waals surface area contributed by atoms with E-state index in [-0.39, 0.29) is 0 Å². The summed E-state index contributed by atoms with van der Waals surface area (Å²) in [6, 6.07) is 73.4. The summed E-state index contributed by atoms with van der Waals surface area (Å²) in [4.78, 5) is 2.43. The van der Waals surface area contributed by atoms with E-state index in [4.69, 9.17) is 0 Å². The summed E-state index contributed by atoms with van der Waals surface area (Å²) in [6.07, 6.45) is 13.6. The number of allylic oxidation sites excluding steroid dienone is 4. The topological polar surface area (TPSA) is 13.1 Å². The quantitative estimate of drug-likeness (QED) is 0.149. The number of hydrogen-bond donors (Lipinski definition) is 0. The average Bonchev–Trinajstić information content (AvgIpc) is 3.87. The van der Waals surface area contributed by atoms with Crippen molar-refractivity contribution in [3.8, 4) is 33.6 Å². The molecule has 2 aromatic heterocycles. The first-order valence-electron chi connectivity index (χ1n) is 22.2. The van der Waals surface area contributed by atoms with Crippen LogP contribution in [0.2, 0.25) is 0 Å². The van der Waals surface area contributed by atoms with Gasteiger partial charge >= 0.3 is 0 Å². The van der Waals surface area contributed by atoms with Gasteiger partial charge in [-0.25, -0.2) is 0 Å². The van der Waals surface area contributed by atoms with E-state index in [0.29, 0.717) is 0 Å². The Hall–Kier alpha value is -7.88. The Morgan fingerprint density at radius 1 is 0.381 bits per heavy atom. The molecule has 0 spiro atoms. The summed E-state index contributed by atoms with van der Waals surface area (Å²) in [5, 5.41) is 3.80. The Morgan fingerprint density at radius 2 is 0.937 bits per heavy atom. The summed E-state index contributed by atoms with van der Waals surface area (Å²) in [6.45, 7) is 0. The molecule has 63 heavy (non-hydrogen) atoms. The molecule has 0 bridgehead atoms. The smallest absolute Gasteiger partial charge is 0.0547 e. The zero-order valence-corrected chi connectivity index (χ0v) is 35.0. The van der Waals surface area contributed by atoms with Gasteiger partial charge in [-0.3, -0.25) is 0 Å². The number of para-hydroxylation sites is 5. The maximum absolute atomic E-state index is 2.48. The molecule has 2 aliphatic rings. The summed E-state index contributed by atoms with van der Waals surface area (Å²) in [7, 11) is 0. The van der Waals surface area contributed by atoms with Crippen LogP contribution in [0.1, 0.15) is 36.1 Å². The molecule has 0 aliphatic heterocycles. The van der Waals surface area contributed by atoms with Gasteiger partial charge in [0.2, 0.25) is 0 Å². The number of hydrogen-bond acceptors (Lipinski definition) is 1. The van der Waals surface area contributed by atoms with Crippen molar-refractivity contribution in [3.05, 3.63) is 241 Å². The number of fused-ring (bicyclic) bond motifs is 6. The number of aromatic nitrogens is 2. The zero-order chi connectivity index (χ0) is 41.7. The van der Waals surface area contributed by atoms with Crippen molar-refractivity contribution in [3.63, 3.8) is 0 Å². The van der Waals surface area contributed by atoms with Crippen molar-refractivity contribution in [2.45, 2.75) is 25.7 Å². The van der Waals surface area contributed by atoms with Crippen molar-refractivity contribution >= 4 is 55.7 Å². The molecule has 10 aromatic rings. The van der Waals surface area contributed by atoms with E-state index in [9.17, 15) is 0 Å². The molecule has 2 heterocycles. The molecule has 0 fully saturated rings. The minimum Gasteiger partial charge on any atom is -0.313 e. The predicted molar refractivity (Wildman–Crippen MR) is 266 cm³/mol. The van der Waals surface area contributed by atoms with Crippen molar-refractivity contribution in [2.75, 3.05) is 4.90 Å². The van der Waals surface area contributed by atoms with Gasteiger partial charge in [0, 0.05) is 61.4 Å². The second kappa shape index (κ2) is 15.5. The molecule has 2 aliphatic carbocycles. The van der Waals surface area contributed by atoms with Gasteiger partial charge in [0.1, 0.15) is 0 Å². The van der Waals surface area contributed by atoms with Crippen molar-refractivity contribution in [2.24, 2.45) is 0 Å². The van der Waals surface area contributed by atoms with Gasteiger partial charge < -0.3 is 14.0 Å². The van der Waals surface area contributed by atoms with Gasteiger partial charge in [-0.2, -0.15) is 0 Å². The van der Waals surface area contributed by atoms with Crippen LogP contribution in [-0.4, -0.2) is 9.13 Å². The molecular formula is C60H45N3. The highest BCUT2D eigenvalue weighted by Crippen LogP contribution is 2.43. The molecular weight excluding hydrogens is 763 g/mol. The second-order valence-electron chi connectivity index (χ2n) is 16.7. The highest BCUT2D eigenvalue weighted by Gasteiger charge is 2.24. The van der Waals surface area contributed by atoms with Gasteiger partial charge in [0.15, 0.2) is 0 Å². The number of rotatable bonds is 8. The van der Waals surface area contributed by atoms with Crippen molar-refractivity contribution in [1.82, 2.24) is 9.13 Å². The van der Waals surface area contributed by atoms with Crippen LogP contribution in [0, 0.1) is 0 Å². The fraction of sp³-hybridized carbons (Fsp3) is 0.0667. The van der Waals surface area contributed by atoms with Crippen LogP contribution in [0.3, 0.4) is 0 Å². The second-order valence-corrected chi connectivity index (χ2v) is 16.7. The molecule has 0 saturated heterocycles. The molecule has 12 rings (SSSR count). The Labute approximate surface area is 368 Å². The maximum Gasteiger partial charge on any atom is 0.0547 e. The third kappa shape index (κ3) is 6.44. The van der Waals surface area contributed by atoms with Crippen molar-refractivity contribution in [1.29, 1.82) is 0 Å². The minimum atomic E-state index is 0.982. The van der Waals surface area contributed by atoms with Crippen LogP contribution >= 0.6 is 0 Å². The first-order valence-corrected chi connectivity index (χ1v) is 22.2. The number of nitrogens with zero attached hydrogens (tertiary/aromatic N) is 3. The summed E-state index contributed by atoms with van der Waals surface area (Å²) < 4.78 is 4.90. The third-order valence-corrected chi connectivity index (χ3v) is 13.0. The lowest BCUT2D eigenvalue weighted by molar-refractivity contribution is 0.888. The van der Waals surface area contributed by atoms with Gasteiger partial charge in [-0.05, 0) is 144 Å². The average molecular weight is 808 g/mol. The number of anilines is 2. The highest BCUT2D eigenvalue weighted by atomic mass is 15.2. The van der Waals surface area contributed by atoms with E-state index in [1.807, 2.05) is 0 Å². The molecule has 0 atom stereocenters. The first kappa shape index (κ1) is 36.9. The normalized spacial score (nSPS) is 13.6. The maximum atomic E-state index is 2.48. The molecule has 8 aromatic carbocycles. The lowest BCUT2D eigenvalue weighted by atomic mass is 9.88. The Kier molecular flexibility index (Phi) is 9.11. The SMILES string of the molecule is C1=Cc2c(n(-c3ccccc3)c3ccc(-c4cc(C5=CCCC=C5N(c5ccccc5)c5ccccc5)cc(-c5ccc6c7ccccc7n(-c7ccccc7)c6c5)c4)cc23)CC1. The molecule has 3 nitrogen and oxygen atoms in total. The van der Waals surface area contributed by atoms with E-state index in [2.05, 4.69) is 239 Å². The zero-order valence-electron chi connectivity index (χ0n) is 35.0. The Morgan fingerprint density at radius 3 is 1.65 bits per heavy atom. The number of benzene rings is 8. The van der Waals surface area contributed by atoms with Crippen LogP contribution in [-0.2, 0) is 6.42 Å². The molecule has 0 unspecified atom stereocenters. The lowest BCUT2D eigenvalue weighted by Gasteiger charge is -2.31. The first-order chi connectivity index (χ1) is 31.3. The highest BCUT2D eigenvalue weighted by molar-refractivity contribution is 6.10. The molecule has 0 radical (unpaired) electrons. The standard InChI is InChI=1S/C60H45N3/c1-5-19-47(20-6-1)61(48-21-7-2-8-22-48)56-30-16-13-27-51(56)46-38-44(42-34-36-59-55(40-42)53-29-15-18-32-58(53)62(59)49-23-9-3-10-24-49)37-45(39-46)43-33-35-54-52-28-14-17-31-57(52)63(60(54)41-43)50-25-11-4-12-26-50/h1-12,14-15,17,19-31,33-41H,13,16,18,32H2. The molecule has 0 N–H and O–H groups in total. The van der Waals surface area contributed by atoms with E-state index in [1.54, 1.807) is 0 Å². The van der Waals surface area contributed by atoms with Crippen LogP contribution in [0.15, 0.2) is 224 Å². The third-order valence-electron chi connectivity index (χ3n) is 13.0. The van der Waals surface area contributed by atoms with Gasteiger partial charge in [0.25, 0.3) is 0 Å². The molecule has 0 saturated carbocycles. The minimum absolute atomic E-state index is 0.982. The van der Waals surface area contributed by atoms with E-state index < -0.39 is 0 Å². The van der Waals surface area contributed by atoms with Crippen LogP contribution in [0.4, 0.5) is 11.4 Å². The van der Waals surface area contributed by atoms with Crippen LogP contribution < -0.4 is 4.90 Å². The van der Waals surface area contributed by atoms with E-state index in [0.717, 1.165) is 42.7 Å². The van der Waals surface area contributed by atoms with E-state index in [1.165, 1.54) is 88.7 Å².